The van der Waals surface area contributed by atoms with Gasteiger partial charge < -0.3 is 20.3 Å². The van der Waals surface area contributed by atoms with Gasteiger partial charge in [-0.1, -0.05) is 6.07 Å². The molecule has 2 rings (SSSR count). The predicted octanol–water partition coefficient (Wildman–Crippen LogP) is 1.45. The van der Waals surface area contributed by atoms with Crippen LogP contribution in [-0.4, -0.2) is 44.6 Å². The molecule has 1 aromatic carbocycles. The average Bonchev–Trinajstić information content (AvgIpc) is 2.42. The maximum atomic E-state index is 11.3. The van der Waals surface area contributed by atoms with Crippen molar-refractivity contribution in [2.24, 2.45) is 0 Å². The minimum Gasteiger partial charge on any atom is -0.482 e. The summed E-state index contributed by atoms with van der Waals surface area (Å²) in [5, 5.41) is 6.25. The Bertz CT molecular complexity index is 460. The number of unbranched alkanes of at least 4 members (excludes halogenated alkanes) is 1. The predicted molar refractivity (Wildman–Crippen MR) is 80.1 cm³/mol. The Kier molecular flexibility index (Phi) is 5.38. The van der Waals surface area contributed by atoms with Crippen molar-refractivity contribution in [2.75, 3.05) is 39.1 Å². The second-order valence-corrected chi connectivity index (χ2v) is 5.35. The number of benzene rings is 1. The zero-order chi connectivity index (χ0) is 14.4. The van der Waals surface area contributed by atoms with Crippen LogP contribution >= 0.6 is 0 Å². The standard InChI is InChI=1S/C15H23N3O2/c1-18(2)8-4-3-7-16-10-12-5-6-14-13(9-12)17-15(19)11-20-14/h5-6,9,16H,3-4,7-8,10-11H2,1-2H3,(H,17,19). The number of hydrogen-bond donors (Lipinski definition) is 2. The molecule has 110 valence electrons. The van der Waals surface area contributed by atoms with E-state index in [-0.39, 0.29) is 12.5 Å². The van der Waals surface area contributed by atoms with Crippen LogP contribution in [0, 0.1) is 0 Å². The van der Waals surface area contributed by atoms with E-state index in [1.807, 2.05) is 18.2 Å². The van der Waals surface area contributed by atoms with Crippen molar-refractivity contribution in [1.29, 1.82) is 0 Å². The number of amides is 1. The molecule has 0 bridgehead atoms. The van der Waals surface area contributed by atoms with Crippen LogP contribution in [0.25, 0.3) is 0 Å². The summed E-state index contributed by atoms with van der Waals surface area (Å²) in [4.78, 5) is 13.5. The quantitative estimate of drug-likeness (QED) is 0.741. The largest absolute Gasteiger partial charge is 0.482 e. The number of nitrogens with one attached hydrogen (secondary N) is 2. The highest BCUT2D eigenvalue weighted by Crippen LogP contribution is 2.28. The summed E-state index contributed by atoms with van der Waals surface area (Å²) in [6.07, 6.45) is 2.37. The van der Waals surface area contributed by atoms with Crippen LogP contribution in [0.3, 0.4) is 0 Å². The number of fused-ring (bicyclic) bond motifs is 1. The number of rotatable bonds is 7. The first kappa shape index (κ1) is 14.8. The molecule has 1 aliphatic rings. The maximum Gasteiger partial charge on any atom is 0.262 e. The van der Waals surface area contributed by atoms with E-state index in [0.717, 1.165) is 36.6 Å². The van der Waals surface area contributed by atoms with Crippen LogP contribution in [0.5, 0.6) is 5.75 Å². The van der Waals surface area contributed by atoms with Gasteiger partial charge in [-0.2, -0.15) is 0 Å². The lowest BCUT2D eigenvalue weighted by atomic mass is 10.1. The van der Waals surface area contributed by atoms with E-state index in [1.54, 1.807) is 0 Å². The molecule has 1 aromatic rings. The zero-order valence-corrected chi connectivity index (χ0v) is 12.2. The highest BCUT2D eigenvalue weighted by Gasteiger charge is 2.15. The van der Waals surface area contributed by atoms with Crippen LogP contribution < -0.4 is 15.4 Å². The Morgan fingerprint density at radius 2 is 2.20 bits per heavy atom. The molecule has 5 nitrogen and oxygen atoms in total. The van der Waals surface area contributed by atoms with Gasteiger partial charge in [-0.05, 0) is 57.7 Å². The summed E-state index contributed by atoms with van der Waals surface area (Å²) in [7, 11) is 4.19. The molecule has 2 N–H and O–H groups in total. The van der Waals surface area contributed by atoms with Gasteiger partial charge in [0.1, 0.15) is 5.75 Å². The van der Waals surface area contributed by atoms with Gasteiger partial charge in [0, 0.05) is 6.54 Å². The fourth-order valence-electron chi connectivity index (χ4n) is 2.15. The molecule has 0 aliphatic carbocycles. The third-order valence-corrected chi connectivity index (χ3v) is 3.21. The van der Waals surface area contributed by atoms with Gasteiger partial charge in [0.2, 0.25) is 0 Å². The van der Waals surface area contributed by atoms with Gasteiger partial charge in [0.25, 0.3) is 5.91 Å². The van der Waals surface area contributed by atoms with E-state index < -0.39 is 0 Å². The Balaban J connectivity index is 1.74. The molecule has 1 amide bonds. The minimum atomic E-state index is -0.0914. The lowest BCUT2D eigenvalue weighted by molar-refractivity contribution is -0.118. The molecule has 1 heterocycles. The van der Waals surface area contributed by atoms with E-state index >= 15 is 0 Å². The molecular formula is C15H23N3O2. The van der Waals surface area contributed by atoms with Crippen LogP contribution in [-0.2, 0) is 11.3 Å². The lowest BCUT2D eigenvalue weighted by Gasteiger charge is -2.18. The minimum absolute atomic E-state index is 0.0914. The van der Waals surface area contributed by atoms with Crippen molar-refractivity contribution in [3.8, 4) is 5.75 Å². The van der Waals surface area contributed by atoms with E-state index in [0.29, 0.717) is 0 Å². The molecule has 0 aromatic heterocycles. The van der Waals surface area contributed by atoms with Gasteiger partial charge in [-0.15, -0.1) is 0 Å². The topological polar surface area (TPSA) is 53.6 Å². The van der Waals surface area contributed by atoms with Gasteiger partial charge in [0.05, 0.1) is 5.69 Å². The molecule has 0 unspecified atom stereocenters. The van der Waals surface area contributed by atoms with Gasteiger partial charge in [-0.3, -0.25) is 4.79 Å². The highest BCUT2D eigenvalue weighted by molar-refractivity contribution is 5.95. The molecule has 0 saturated heterocycles. The third kappa shape index (κ3) is 4.51. The summed E-state index contributed by atoms with van der Waals surface area (Å²) >= 11 is 0. The molecule has 0 spiro atoms. The molecule has 0 saturated carbocycles. The second kappa shape index (κ2) is 7.26. The normalized spacial score (nSPS) is 13.8. The highest BCUT2D eigenvalue weighted by atomic mass is 16.5. The molecule has 20 heavy (non-hydrogen) atoms. The van der Waals surface area contributed by atoms with Gasteiger partial charge >= 0.3 is 0 Å². The van der Waals surface area contributed by atoms with Crippen LogP contribution in [0.1, 0.15) is 18.4 Å². The first-order valence-electron chi connectivity index (χ1n) is 7.06. The Morgan fingerprint density at radius 1 is 1.35 bits per heavy atom. The Labute approximate surface area is 120 Å². The number of carbonyl (C=O) groups is 1. The van der Waals surface area contributed by atoms with Crippen molar-refractivity contribution in [3.05, 3.63) is 23.8 Å². The molecule has 0 fully saturated rings. The van der Waals surface area contributed by atoms with E-state index in [9.17, 15) is 4.79 Å². The zero-order valence-electron chi connectivity index (χ0n) is 12.2. The summed E-state index contributed by atoms with van der Waals surface area (Å²) < 4.78 is 5.33. The van der Waals surface area contributed by atoms with Crippen molar-refractivity contribution >= 4 is 11.6 Å². The first-order valence-corrected chi connectivity index (χ1v) is 7.06. The van der Waals surface area contributed by atoms with E-state index in [2.05, 4.69) is 29.6 Å². The Morgan fingerprint density at radius 3 is 3.00 bits per heavy atom. The summed E-state index contributed by atoms with van der Waals surface area (Å²) in [6.45, 7) is 3.05. The lowest BCUT2D eigenvalue weighted by Crippen LogP contribution is -2.25. The summed E-state index contributed by atoms with van der Waals surface area (Å²) in [5.41, 5.74) is 1.93. The molecule has 0 radical (unpaired) electrons. The van der Waals surface area contributed by atoms with E-state index in [1.165, 1.54) is 12.8 Å². The number of nitrogens with zero attached hydrogens (tertiary/aromatic N) is 1. The van der Waals surface area contributed by atoms with Crippen molar-refractivity contribution < 1.29 is 9.53 Å². The fourth-order valence-corrected chi connectivity index (χ4v) is 2.15. The number of hydrogen-bond acceptors (Lipinski definition) is 4. The summed E-state index contributed by atoms with van der Waals surface area (Å²) in [5.74, 6) is 0.658. The maximum absolute atomic E-state index is 11.3. The monoisotopic (exact) mass is 277 g/mol. The van der Waals surface area contributed by atoms with Crippen molar-refractivity contribution in [2.45, 2.75) is 19.4 Å². The van der Waals surface area contributed by atoms with Gasteiger partial charge in [0.15, 0.2) is 6.61 Å². The molecule has 0 atom stereocenters. The van der Waals surface area contributed by atoms with E-state index in [4.69, 9.17) is 4.74 Å². The summed E-state index contributed by atoms with van der Waals surface area (Å²) in [6, 6.07) is 5.92. The van der Waals surface area contributed by atoms with Crippen molar-refractivity contribution in [1.82, 2.24) is 10.2 Å². The SMILES string of the molecule is CN(C)CCCCNCc1ccc2c(c1)NC(=O)CO2. The van der Waals surface area contributed by atoms with Crippen LogP contribution in [0.15, 0.2) is 18.2 Å². The molecular weight excluding hydrogens is 254 g/mol. The molecule has 5 heteroatoms. The second-order valence-electron chi connectivity index (χ2n) is 5.35. The average molecular weight is 277 g/mol. The fraction of sp³-hybridized carbons (Fsp3) is 0.533. The first-order chi connectivity index (χ1) is 9.65. The van der Waals surface area contributed by atoms with Crippen LogP contribution in [0.2, 0.25) is 0 Å². The number of ether oxygens (including phenoxy) is 1. The number of anilines is 1. The van der Waals surface area contributed by atoms with Crippen LogP contribution in [0.4, 0.5) is 5.69 Å². The molecule has 1 aliphatic heterocycles. The smallest absolute Gasteiger partial charge is 0.262 e. The van der Waals surface area contributed by atoms with Gasteiger partial charge in [-0.25, -0.2) is 0 Å². The number of carbonyl (C=O) groups excluding carboxylic acids is 1. The van der Waals surface area contributed by atoms with Crippen molar-refractivity contribution in [3.63, 3.8) is 0 Å². The third-order valence-electron chi connectivity index (χ3n) is 3.21. The Hall–Kier alpha value is -1.59.